The SMILES string of the molecule is Cc1ccc2nc(NC3CC3)ccc2c1. The van der Waals surface area contributed by atoms with E-state index in [1.807, 2.05) is 0 Å². The first-order valence-corrected chi connectivity index (χ1v) is 5.45. The van der Waals surface area contributed by atoms with Crippen LogP contribution in [0.5, 0.6) is 0 Å². The third-order valence-corrected chi connectivity index (χ3v) is 2.77. The van der Waals surface area contributed by atoms with Crippen LogP contribution in [0.15, 0.2) is 30.3 Å². The van der Waals surface area contributed by atoms with Crippen LogP contribution in [0.1, 0.15) is 18.4 Å². The number of nitrogens with one attached hydrogen (secondary N) is 1. The van der Waals surface area contributed by atoms with Crippen LogP contribution in [0.4, 0.5) is 5.82 Å². The molecule has 1 fully saturated rings. The molecule has 3 rings (SSSR count). The van der Waals surface area contributed by atoms with Crippen molar-refractivity contribution in [3.63, 3.8) is 0 Å². The van der Waals surface area contributed by atoms with Crippen LogP contribution in [0, 0.1) is 6.92 Å². The minimum absolute atomic E-state index is 0.667. The molecule has 2 aromatic rings. The van der Waals surface area contributed by atoms with E-state index < -0.39 is 0 Å². The van der Waals surface area contributed by atoms with Crippen molar-refractivity contribution in [3.05, 3.63) is 35.9 Å². The Hall–Kier alpha value is -1.57. The highest BCUT2D eigenvalue weighted by Gasteiger charge is 2.21. The molecule has 1 heterocycles. The summed E-state index contributed by atoms with van der Waals surface area (Å²) in [5.74, 6) is 1.01. The maximum atomic E-state index is 4.59. The molecule has 1 N–H and O–H groups in total. The Morgan fingerprint density at radius 1 is 1.20 bits per heavy atom. The molecule has 0 unspecified atom stereocenters. The molecule has 0 atom stereocenters. The Labute approximate surface area is 89.3 Å². The van der Waals surface area contributed by atoms with Crippen molar-refractivity contribution < 1.29 is 0 Å². The molecule has 0 spiro atoms. The zero-order valence-corrected chi connectivity index (χ0v) is 8.83. The molecule has 0 aliphatic heterocycles. The highest BCUT2D eigenvalue weighted by molar-refractivity contribution is 5.80. The van der Waals surface area contributed by atoms with Gasteiger partial charge < -0.3 is 5.32 Å². The number of aromatic nitrogens is 1. The molecule has 0 saturated heterocycles. The summed E-state index contributed by atoms with van der Waals surface area (Å²) in [6.07, 6.45) is 2.57. The fourth-order valence-electron chi connectivity index (χ4n) is 1.76. The number of fused-ring (bicyclic) bond motifs is 1. The number of rotatable bonds is 2. The minimum Gasteiger partial charge on any atom is -0.367 e. The van der Waals surface area contributed by atoms with Crippen molar-refractivity contribution in [1.82, 2.24) is 4.98 Å². The van der Waals surface area contributed by atoms with Gasteiger partial charge in [0.1, 0.15) is 5.82 Å². The van der Waals surface area contributed by atoms with Crippen LogP contribution in [0.2, 0.25) is 0 Å². The number of benzene rings is 1. The molecule has 1 aromatic carbocycles. The summed E-state index contributed by atoms with van der Waals surface area (Å²) < 4.78 is 0. The Bertz CT molecular complexity index is 501. The first-order chi connectivity index (χ1) is 7.31. The highest BCUT2D eigenvalue weighted by atomic mass is 15.0. The van der Waals surface area contributed by atoms with E-state index in [-0.39, 0.29) is 0 Å². The van der Waals surface area contributed by atoms with E-state index in [0.717, 1.165) is 11.3 Å². The van der Waals surface area contributed by atoms with Gasteiger partial charge >= 0.3 is 0 Å². The average Bonchev–Trinajstić information content (AvgIpc) is 3.02. The number of anilines is 1. The first kappa shape index (κ1) is 8.72. The predicted octanol–water partition coefficient (Wildman–Crippen LogP) is 3.12. The van der Waals surface area contributed by atoms with Gasteiger partial charge in [-0.2, -0.15) is 0 Å². The smallest absolute Gasteiger partial charge is 0.126 e. The maximum Gasteiger partial charge on any atom is 0.126 e. The molecule has 1 aliphatic carbocycles. The van der Waals surface area contributed by atoms with Gasteiger partial charge in [-0.1, -0.05) is 11.6 Å². The molecule has 76 valence electrons. The van der Waals surface area contributed by atoms with Gasteiger partial charge in [0.2, 0.25) is 0 Å². The standard InChI is InChI=1S/C13H14N2/c1-9-2-6-12-10(8-9)3-7-13(15-12)14-11-4-5-11/h2-3,6-8,11H,4-5H2,1H3,(H,14,15). The van der Waals surface area contributed by atoms with E-state index >= 15 is 0 Å². The number of hydrogen-bond acceptors (Lipinski definition) is 2. The van der Waals surface area contributed by atoms with E-state index in [9.17, 15) is 0 Å². The summed E-state index contributed by atoms with van der Waals surface area (Å²) in [7, 11) is 0. The van der Waals surface area contributed by atoms with Crippen LogP contribution >= 0.6 is 0 Å². The lowest BCUT2D eigenvalue weighted by Crippen LogP contribution is -2.02. The van der Waals surface area contributed by atoms with Crippen LogP contribution < -0.4 is 5.32 Å². The van der Waals surface area contributed by atoms with Crippen molar-refractivity contribution in [3.8, 4) is 0 Å². The summed E-state index contributed by atoms with van der Waals surface area (Å²) in [5, 5.41) is 4.63. The van der Waals surface area contributed by atoms with Gasteiger partial charge in [0.25, 0.3) is 0 Å². The van der Waals surface area contributed by atoms with Crippen molar-refractivity contribution in [2.24, 2.45) is 0 Å². The van der Waals surface area contributed by atoms with Gasteiger partial charge in [-0.25, -0.2) is 4.98 Å². The molecule has 0 radical (unpaired) electrons. The molecule has 2 heteroatoms. The summed E-state index contributed by atoms with van der Waals surface area (Å²) in [4.78, 5) is 4.59. The molecule has 1 aliphatic rings. The normalized spacial score (nSPS) is 15.5. The molecule has 15 heavy (non-hydrogen) atoms. The number of aryl methyl sites for hydroxylation is 1. The van der Waals surface area contributed by atoms with E-state index in [1.165, 1.54) is 23.8 Å². The van der Waals surface area contributed by atoms with Crippen molar-refractivity contribution in [2.45, 2.75) is 25.8 Å². The lowest BCUT2D eigenvalue weighted by atomic mass is 10.1. The molecule has 1 saturated carbocycles. The third-order valence-electron chi connectivity index (χ3n) is 2.77. The monoisotopic (exact) mass is 198 g/mol. The predicted molar refractivity (Wildman–Crippen MR) is 63.1 cm³/mol. The molecular formula is C13H14N2. The van der Waals surface area contributed by atoms with Crippen LogP contribution in [-0.4, -0.2) is 11.0 Å². The van der Waals surface area contributed by atoms with Gasteiger partial charge in [0, 0.05) is 11.4 Å². The number of hydrogen-bond donors (Lipinski definition) is 1. The third kappa shape index (κ3) is 1.80. The molecular weight excluding hydrogens is 184 g/mol. The topological polar surface area (TPSA) is 24.9 Å². The quantitative estimate of drug-likeness (QED) is 0.802. The van der Waals surface area contributed by atoms with Gasteiger partial charge in [-0.05, 0) is 44.0 Å². The summed E-state index contributed by atoms with van der Waals surface area (Å²) in [5.41, 5.74) is 2.36. The highest BCUT2D eigenvalue weighted by Crippen LogP contribution is 2.25. The van der Waals surface area contributed by atoms with E-state index in [2.05, 4.69) is 47.6 Å². The van der Waals surface area contributed by atoms with E-state index in [0.29, 0.717) is 6.04 Å². The number of pyridine rings is 1. The zero-order chi connectivity index (χ0) is 10.3. The lowest BCUT2D eigenvalue weighted by molar-refractivity contribution is 1.12. The van der Waals surface area contributed by atoms with Crippen LogP contribution in [0.25, 0.3) is 10.9 Å². The Kier molecular flexibility index (Phi) is 1.88. The zero-order valence-electron chi connectivity index (χ0n) is 8.83. The summed E-state index contributed by atoms with van der Waals surface area (Å²) in [6.45, 7) is 2.11. The number of nitrogens with zero attached hydrogens (tertiary/aromatic N) is 1. The molecule has 0 amide bonds. The summed E-state index contributed by atoms with van der Waals surface area (Å²) in [6, 6.07) is 11.2. The second-order valence-corrected chi connectivity index (χ2v) is 4.31. The fraction of sp³-hybridized carbons (Fsp3) is 0.308. The lowest BCUT2D eigenvalue weighted by Gasteiger charge is -2.05. The van der Waals surface area contributed by atoms with Gasteiger partial charge in [-0.15, -0.1) is 0 Å². The van der Waals surface area contributed by atoms with Gasteiger partial charge in [0.05, 0.1) is 5.52 Å². The van der Waals surface area contributed by atoms with Crippen molar-refractivity contribution >= 4 is 16.7 Å². The summed E-state index contributed by atoms with van der Waals surface area (Å²) >= 11 is 0. The van der Waals surface area contributed by atoms with Gasteiger partial charge in [0.15, 0.2) is 0 Å². The second kappa shape index (κ2) is 3.23. The molecule has 1 aromatic heterocycles. The van der Waals surface area contributed by atoms with Crippen LogP contribution in [0.3, 0.4) is 0 Å². The van der Waals surface area contributed by atoms with E-state index in [4.69, 9.17) is 0 Å². The van der Waals surface area contributed by atoms with Crippen LogP contribution in [-0.2, 0) is 0 Å². The Morgan fingerprint density at radius 3 is 2.87 bits per heavy atom. The van der Waals surface area contributed by atoms with Crippen molar-refractivity contribution in [1.29, 1.82) is 0 Å². The minimum atomic E-state index is 0.667. The largest absolute Gasteiger partial charge is 0.367 e. The maximum absolute atomic E-state index is 4.59. The average molecular weight is 198 g/mol. The van der Waals surface area contributed by atoms with E-state index in [1.54, 1.807) is 0 Å². The Balaban J connectivity index is 2.01. The molecule has 0 bridgehead atoms. The van der Waals surface area contributed by atoms with Crippen molar-refractivity contribution in [2.75, 3.05) is 5.32 Å². The fourth-order valence-corrected chi connectivity index (χ4v) is 1.76. The van der Waals surface area contributed by atoms with Gasteiger partial charge in [-0.3, -0.25) is 0 Å². The Morgan fingerprint density at radius 2 is 2.07 bits per heavy atom. The first-order valence-electron chi connectivity index (χ1n) is 5.45. The second-order valence-electron chi connectivity index (χ2n) is 4.31. The molecule has 2 nitrogen and oxygen atoms in total.